The number of terminal acetylenes is 1. The fourth-order valence-corrected chi connectivity index (χ4v) is 3.01. The SMILES string of the molecule is C#CCOc1cc(CNC(=O)NCC2(C)CCCC2)ccc1OC. The molecule has 1 fully saturated rings. The summed E-state index contributed by atoms with van der Waals surface area (Å²) in [5.74, 6) is 3.62. The van der Waals surface area contributed by atoms with Gasteiger partial charge in [-0.05, 0) is 36.0 Å². The van der Waals surface area contributed by atoms with Crippen LogP contribution >= 0.6 is 0 Å². The maximum atomic E-state index is 12.0. The molecule has 5 nitrogen and oxygen atoms in total. The van der Waals surface area contributed by atoms with Crippen LogP contribution in [-0.2, 0) is 6.54 Å². The van der Waals surface area contributed by atoms with Gasteiger partial charge in [0.2, 0.25) is 0 Å². The summed E-state index contributed by atoms with van der Waals surface area (Å²) >= 11 is 0. The Morgan fingerprint density at radius 2 is 2.04 bits per heavy atom. The van der Waals surface area contributed by atoms with Crippen molar-refractivity contribution in [3.05, 3.63) is 23.8 Å². The number of rotatable bonds is 7. The first-order chi connectivity index (χ1) is 11.6. The second kappa shape index (κ2) is 8.49. The Labute approximate surface area is 144 Å². The van der Waals surface area contributed by atoms with Crippen LogP contribution in [0.4, 0.5) is 4.79 Å². The molecule has 0 heterocycles. The van der Waals surface area contributed by atoms with Crippen molar-refractivity contribution in [2.24, 2.45) is 5.41 Å². The van der Waals surface area contributed by atoms with Gasteiger partial charge in [0.25, 0.3) is 0 Å². The Balaban J connectivity index is 1.84. The molecule has 0 atom stereocenters. The Morgan fingerprint density at radius 3 is 2.71 bits per heavy atom. The molecule has 0 unspecified atom stereocenters. The van der Waals surface area contributed by atoms with Gasteiger partial charge >= 0.3 is 6.03 Å². The fourth-order valence-electron chi connectivity index (χ4n) is 3.01. The van der Waals surface area contributed by atoms with Gasteiger partial charge in [-0.25, -0.2) is 4.79 Å². The van der Waals surface area contributed by atoms with E-state index in [4.69, 9.17) is 15.9 Å². The first-order valence-electron chi connectivity index (χ1n) is 8.31. The Morgan fingerprint density at radius 1 is 1.29 bits per heavy atom. The van der Waals surface area contributed by atoms with Crippen molar-refractivity contribution in [1.29, 1.82) is 0 Å². The lowest BCUT2D eigenvalue weighted by Gasteiger charge is -2.23. The molecule has 1 aliphatic carbocycles. The second-order valence-corrected chi connectivity index (χ2v) is 6.53. The van der Waals surface area contributed by atoms with E-state index in [0.717, 1.165) is 12.1 Å². The maximum Gasteiger partial charge on any atom is 0.315 e. The zero-order chi connectivity index (χ0) is 17.4. The highest BCUT2D eigenvalue weighted by Gasteiger charge is 2.28. The fraction of sp³-hybridized carbons (Fsp3) is 0.526. The van der Waals surface area contributed by atoms with Crippen molar-refractivity contribution in [2.75, 3.05) is 20.3 Å². The van der Waals surface area contributed by atoms with Crippen LogP contribution in [0.3, 0.4) is 0 Å². The number of carbonyl (C=O) groups excluding carboxylic acids is 1. The quantitative estimate of drug-likeness (QED) is 0.755. The van der Waals surface area contributed by atoms with Crippen molar-refractivity contribution in [2.45, 2.75) is 39.2 Å². The highest BCUT2D eigenvalue weighted by atomic mass is 16.5. The molecule has 5 heteroatoms. The van der Waals surface area contributed by atoms with E-state index in [1.54, 1.807) is 13.2 Å². The second-order valence-electron chi connectivity index (χ2n) is 6.53. The molecule has 0 spiro atoms. The molecular weight excluding hydrogens is 304 g/mol. The van der Waals surface area contributed by atoms with Crippen LogP contribution in [0.5, 0.6) is 11.5 Å². The highest BCUT2D eigenvalue weighted by Crippen LogP contribution is 2.36. The maximum absolute atomic E-state index is 12.0. The number of hydrogen-bond donors (Lipinski definition) is 2. The lowest BCUT2D eigenvalue weighted by atomic mass is 9.89. The molecule has 0 saturated heterocycles. The molecular formula is C19H26N2O3. The van der Waals surface area contributed by atoms with Crippen LogP contribution in [0.25, 0.3) is 0 Å². The molecule has 2 rings (SSSR count). The molecule has 1 aromatic rings. The van der Waals surface area contributed by atoms with Gasteiger partial charge in [0.1, 0.15) is 6.61 Å². The largest absolute Gasteiger partial charge is 0.493 e. The number of carbonyl (C=O) groups is 1. The minimum absolute atomic E-state index is 0.148. The van der Waals surface area contributed by atoms with E-state index in [1.807, 2.05) is 12.1 Å². The molecule has 130 valence electrons. The number of benzene rings is 1. The molecule has 0 aliphatic heterocycles. The molecule has 0 radical (unpaired) electrons. The third kappa shape index (κ3) is 5.09. The molecule has 0 aromatic heterocycles. The summed E-state index contributed by atoms with van der Waals surface area (Å²) in [5, 5.41) is 5.85. The van der Waals surface area contributed by atoms with Gasteiger partial charge in [-0.1, -0.05) is 31.8 Å². The summed E-state index contributed by atoms with van der Waals surface area (Å²) in [6.45, 7) is 3.54. The predicted octanol–water partition coefficient (Wildman–Crippen LogP) is 3.09. The summed E-state index contributed by atoms with van der Waals surface area (Å²) in [4.78, 5) is 12.0. The first-order valence-corrected chi connectivity index (χ1v) is 8.31. The number of urea groups is 1. The normalized spacial score (nSPS) is 15.4. The van der Waals surface area contributed by atoms with Crippen molar-refractivity contribution in [1.82, 2.24) is 10.6 Å². The van der Waals surface area contributed by atoms with Crippen LogP contribution in [0, 0.1) is 17.8 Å². The van der Waals surface area contributed by atoms with E-state index < -0.39 is 0 Å². The summed E-state index contributed by atoms with van der Waals surface area (Å²) in [5.41, 5.74) is 1.17. The number of methoxy groups -OCH3 is 1. The van der Waals surface area contributed by atoms with E-state index in [1.165, 1.54) is 25.7 Å². The van der Waals surface area contributed by atoms with E-state index in [-0.39, 0.29) is 18.1 Å². The topological polar surface area (TPSA) is 59.6 Å². The molecule has 1 aliphatic rings. The van der Waals surface area contributed by atoms with E-state index in [2.05, 4.69) is 23.5 Å². The zero-order valence-electron chi connectivity index (χ0n) is 14.5. The summed E-state index contributed by atoms with van der Waals surface area (Å²) < 4.78 is 10.7. The van der Waals surface area contributed by atoms with Crippen molar-refractivity contribution in [3.8, 4) is 23.8 Å². The minimum Gasteiger partial charge on any atom is -0.493 e. The van der Waals surface area contributed by atoms with Gasteiger partial charge in [0, 0.05) is 13.1 Å². The Hall–Kier alpha value is -2.35. The lowest BCUT2D eigenvalue weighted by molar-refractivity contribution is 0.231. The lowest BCUT2D eigenvalue weighted by Crippen LogP contribution is -2.40. The van der Waals surface area contributed by atoms with Crippen LogP contribution in [0.15, 0.2) is 18.2 Å². The summed E-state index contributed by atoms with van der Waals surface area (Å²) in [7, 11) is 1.58. The van der Waals surface area contributed by atoms with Gasteiger partial charge in [-0.15, -0.1) is 6.42 Å². The molecule has 2 amide bonds. The van der Waals surface area contributed by atoms with Gasteiger partial charge in [-0.2, -0.15) is 0 Å². The number of nitrogens with one attached hydrogen (secondary N) is 2. The van der Waals surface area contributed by atoms with Crippen LogP contribution in [-0.4, -0.2) is 26.3 Å². The molecule has 1 saturated carbocycles. The van der Waals surface area contributed by atoms with E-state index in [0.29, 0.717) is 18.0 Å². The number of amides is 2. The standard InChI is InChI=1S/C19H26N2O3/c1-4-11-24-17-12-15(7-8-16(17)23-3)13-20-18(22)21-14-19(2)9-5-6-10-19/h1,7-8,12H,5-6,9-11,13-14H2,2-3H3,(H2,20,21,22). The third-order valence-corrected chi connectivity index (χ3v) is 4.48. The zero-order valence-corrected chi connectivity index (χ0v) is 14.5. The predicted molar refractivity (Wildman–Crippen MR) is 94.1 cm³/mol. The Bertz CT molecular complexity index is 601. The van der Waals surface area contributed by atoms with Gasteiger partial charge in [0.15, 0.2) is 11.5 Å². The molecule has 0 bridgehead atoms. The first kappa shape index (κ1) is 18.0. The van der Waals surface area contributed by atoms with Crippen LogP contribution < -0.4 is 20.1 Å². The average Bonchev–Trinajstić information content (AvgIpc) is 3.03. The van der Waals surface area contributed by atoms with E-state index >= 15 is 0 Å². The van der Waals surface area contributed by atoms with Gasteiger partial charge < -0.3 is 20.1 Å². The third-order valence-electron chi connectivity index (χ3n) is 4.48. The molecule has 1 aromatic carbocycles. The van der Waals surface area contributed by atoms with Crippen molar-refractivity contribution < 1.29 is 14.3 Å². The summed E-state index contributed by atoms with van der Waals surface area (Å²) in [6, 6.07) is 5.37. The number of ether oxygens (including phenoxy) is 2. The average molecular weight is 330 g/mol. The van der Waals surface area contributed by atoms with Crippen LogP contribution in [0.1, 0.15) is 38.2 Å². The van der Waals surface area contributed by atoms with Crippen LogP contribution in [0.2, 0.25) is 0 Å². The molecule has 24 heavy (non-hydrogen) atoms. The van der Waals surface area contributed by atoms with Crippen molar-refractivity contribution >= 4 is 6.03 Å². The highest BCUT2D eigenvalue weighted by molar-refractivity contribution is 5.73. The Kier molecular flexibility index (Phi) is 6.36. The minimum atomic E-state index is -0.148. The summed E-state index contributed by atoms with van der Waals surface area (Å²) in [6.07, 6.45) is 10.1. The van der Waals surface area contributed by atoms with Gasteiger partial charge in [0.05, 0.1) is 7.11 Å². The van der Waals surface area contributed by atoms with E-state index in [9.17, 15) is 4.79 Å². The molecule has 2 N–H and O–H groups in total. The monoisotopic (exact) mass is 330 g/mol. The number of hydrogen-bond acceptors (Lipinski definition) is 3. The van der Waals surface area contributed by atoms with Crippen molar-refractivity contribution in [3.63, 3.8) is 0 Å². The van der Waals surface area contributed by atoms with Gasteiger partial charge in [-0.3, -0.25) is 0 Å². The smallest absolute Gasteiger partial charge is 0.315 e.